The van der Waals surface area contributed by atoms with Gasteiger partial charge in [0.1, 0.15) is 0 Å². The van der Waals surface area contributed by atoms with Crippen molar-refractivity contribution in [2.75, 3.05) is 11.1 Å². The molecule has 0 atom stereocenters. The van der Waals surface area contributed by atoms with Crippen molar-refractivity contribution in [3.05, 3.63) is 36.4 Å². The van der Waals surface area contributed by atoms with Crippen LogP contribution in [0.4, 0.5) is 11.4 Å². The second kappa shape index (κ2) is 3.16. The number of rotatable bonds is 2. The lowest BCUT2D eigenvalue weighted by atomic mass is 10.1. The molecule has 1 saturated carbocycles. The predicted octanol–water partition coefficient (Wildman–Crippen LogP) is 3.00. The number of fused-ring (bicyclic) bond motifs is 1. The molecule has 2 heteroatoms. The zero-order valence-corrected chi connectivity index (χ0v) is 8.53. The third-order valence-electron chi connectivity index (χ3n) is 2.91. The third-order valence-corrected chi connectivity index (χ3v) is 2.91. The molecule has 3 N–H and O–H groups in total. The Morgan fingerprint density at radius 2 is 1.87 bits per heavy atom. The molecular formula is C13H14N2. The minimum absolute atomic E-state index is 0.647. The Morgan fingerprint density at radius 1 is 1.07 bits per heavy atom. The summed E-state index contributed by atoms with van der Waals surface area (Å²) in [4.78, 5) is 0. The Hall–Kier alpha value is -1.70. The van der Waals surface area contributed by atoms with Crippen LogP contribution >= 0.6 is 0 Å². The van der Waals surface area contributed by atoms with Gasteiger partial charge in [0.05, 0.1) is 11.4 Å². The zero-order chi connectivity index (χ0) is 10.3. The van der Waals surface area contributed by atoms with Crippen LogP contribution in [0.3, 0.4) is 0 Å². The topological polar surface area (TPSA) is 38.0 Å². The van der Waals surface area contributed by atoms with Crippen molar-refractivity contribution in [3.8, 4) is 0 Å². The number of nitrogen functional groups attached to an aromatic ring is 1. The maximum absolute atomic E-state index is 6.13. The summed E-state index contributed by atoms with van der Waals surface area (Å²) in [5.41, 5.74) is 8.09. The van der Waals surface area contributed by atoms with Gasteiger partial charge >= 0.3 is 0 Å². The Kier molecular flexibility index (Phi) is 1.81. The van der Waals surface area contributed by atoms with E-state index < -0.39 is 0 Å². The summed E-state index contributed by atoms with van der Waals surface area (Å²) >= 11 is 0. The highest BCUT2D eigenvalue weighted by Crippen LogP contribution is 2.32. The molecule has 0 unspecified atom stereocenters. The van der Waals surface area contributed by atoms with Crippen LogP contribution in [-0.4, -0.2) is 6.04 Å². The number of hydrogen-bond donors (Lipinski definition) is 2. The number of anilines is 2. The first-order chi connectivity index (χ1) is 7.34. The molecule has 0 spiro atoms. The molecule has 3 rings (SSSR count). The van der Waals surface area contributed by atoms with Gasteiger partial charge in [-0.05, 0) is 24.3 Å². The number of nitrogens with two attached hydrogens (primary N) is 1. The van der Waals surface area contributed by atoms with Crippen LogP contribution in [0.25, 0.3) is 10.8 Å². The van der Waals surface area contributed by atoms with Gasteiger partial charge in [-0.3, -0.25) is 0 Å². The normalized spacial score (nSPS) is 15.5. The van der Waals surface area contributed by atoms with Gasteiger partial charge in [0, 0.05) is 11.4 Å². The maximum atomic E-state index is 6.13. The van der Waals surface area contributed by atoms with E-state index in [1.54, 1.807) is 0 Å². The van der Waals surface area contributed by atoms with Crippen LogP contribution in [-0.2, 0) is 0 Å². The number of nitrogens with one attached hydrogen (secondary N) is 1. The predicted molar refractivity (Wildman–Crippen MR) is 65.0 cm³/mol. The van der Waals surface area contributed by atoms with E-state index >= 15 is 0 Å². The molecule has 0 aromatic heterocycles. The zero-order valence-electron chi connectivity index (χ0n) is 8.53. The molecule has 1 aliphatic carbocycles. The van der Waals surface area contributed by atoms with Crippen molar-refractivity contribution >= 4 is 22.1 Å². The highest BCUT2D eigenvalue weighted by atomic mass is 15.0. The van der Waals surface area contributed by atoms with Crippen LogP contribution in [0.5, 0.6) is 0 Å². The fourth-order valence-corrected chi connectivity index (χ4v) is 1.87. The Labute approximate surface area is 89.1 Å². The monoisotopic (exact) mass is 198 g/mol. The third kappa shape index (κ3) is 1.52. The molecule has 2 aromatic rings. The standard InChI is InChI=1S/C13H14N2/c14-13-11-4-2-1-3-9(11)5-8-12(13)15-10-6-7-10/h1-5,8,10,15H,6-7,14H2. The van der Waals surface area contributed by atoms with Gasteiger partial charge < -0.3 is 11.1 Å². The number of hydrogen-bond acceptors (Lipinski definition) is 2. The maximum Gasteiger partial charge on any atom is 0.0629 e. The highest BCUT2D eigenvalue weighted by molar-refractivity contribution is 5.98. The summed E-state index contributed by atoms with van der Waals surface area (Å²) in [6.07, 6.45) is 2.54. The quantitative estimate of drug-likeness (QED) is 0.728. The van der Waals surface area contributed by atoms with Crippen LogP contribution in [0, 0.1) is 0 Å². The molecule has 1 fully saturated rings. The van der Waals surface area contributed by atoms with E-state index in [0.717, 1.165) is 16.8 Å². The smallest absolute Gasteiger partial charge is 0.0629 e. The molecule has 15 heavy (non-hydrogen) atoms. The summed E-state index contributed by atoms with van der Waals surface area (Å²) in [6.45, 7) is 0. The first kappa shape index (κ1) is 8.60. The molecule has 2 aromatic carbocycles. The van der Waals surface area contributed by atoms with Gasteiger partial charge in [0.2, 0.25) is 0 Å². The lowest BCUT2D eigenvalue weighted by molar-refractivity contribution is 1.16. The summed E-state index contributed by atoms with van der Waals surface area (Å²) in [5.74, 6) is 0. The van der Waals surface area contributed by atoms with Gasteiger partial charge in [-0.25, -0.2) is 0 Å². The molecule has 0 amide bonds. The molecule has 0 aliphatic heterocycles. The summed E-state index contributed by atoms with van der Waals surface area (Å²) in [7, 11) is 0. The lowest BCUT2D eigenvalue weighted by Gasteiger charge is -2.10. The first-order valence-electron chi connectivity index (χ1n) is 5.38. The Bertz CT molecular complexity index is 501. The van der Waals surface area contributed by atoms with Crippen LogP contribution in [0.15, 0.2) is 36.4 Å². The minimum Gasteiger partial charge on any atom is -0.397 e. The second-order valence-corrected chi connectivity index (χ2v) is 4.17. The fraction of sp³-hybridized carbons (Fsp3) is 0.231. The molecule has 76 valence electrons. The summed E-state index contributed by atoms with van der Waals surface area (Å²) < 4.78 is 0. The Balaban J connectivity index is 2.11. The van der Waals surface area contributed by atoms with Crippen molar-refractivity contribution in [3.63, 3.8) is 0 Å². The van der Waals surface area contributed by atoms with Crippen LogP contribution < -0.4 is 11.1 Å². The lowest BCUT2D eigenvalue weighted by Crippen LogP contribution is -2.04. The average molecular weight is 198 g/mol. The molecule has 1 aliphatic rings. The fourth-order valence-electron chi connectivity index (χ4n) is 1.87. The van der Waals surface area contributed by atoms with E-state index in [0.29, 0.717) is 6.04 Å². The van der Waals surface area contributed by atoms with E-state index in [-0.39, 0.29) is 0 Å². The summed E-state index contributed by atoms with van der Waals surface area (Å²) in [6, 6.07) is 13.1. The van der Waals surface area contributed by atoms with Gasteiger partial charge in [-0.1, -0.05) is 30.3 Å². The van der Waals surface area contributed by atoms with E-state index in [1.807, 2.05) is 12.1 Å². The molecular weight excluding hydrogens is 184 g/mol. The molecule has 0 radical (unpaired) electrons. The molecule has 2 nitrogen and oxygen atoms in total. The van der Waals surface area contributed by atoms with E-state index in [1.165, 1.54) is 18.2 Å². The van der Waals surface area contributed by atoms with Gasteiger partial charge in [0.25, 0.3) is 0 Å². The molecule has 0 saturated heterocycles. The molecule has 0 bridgehead atoms. The van der Waals surface area contributed by atoms with Gasteiger partial charge in [-0.15, -0.1) is 0 Å². The van der Waals surface area contributed by atoms with Crippen molar-refractivity contribution in [1.82, 2.24) is 0 Å². The average Bonchev–Trinajstić information content (AvgIpc) is 3.07. The van der Waals surface area contributed by atoms with Crippen molar-refractivity contribution in [1.29, 1.82) is 0 Å². The Morgan fingerprint density at radius 3 is 2.67 bits per heavy atom. The van der Waals surface area contributed by atoms with Crippen molar-refractivity contribution in [2.45, 2.75) is 18.9 Å². The highest BCUT2D eigenvalue weighted by Gasteiger charge is 2.21. The summed E-state index contributed by atoms with van der Waals surface area (Å²) in [5, 5.41) is 5.80. The van der Waals surface area contributed by atoms with Crippen molar-refractivity contribution in [2.24, 2.45) is 0 Å². The van der Waals surface area contributed by atoms with Gasteiger partial charge in [0.15, 0.2) is 0 Å². The van der Waals surface area contributed by atoms with Crippen LogP contribution in [0.1, 0.15) is 12.8 Å². The SMILES string of the molecule is Nc1c(NC2CC2)ccc2ccccc12. The first-order valence-corrected chi connectivity index (χ1v) is 5.38. The van der Waals surface area contributed by atoms with E-state index in [9.17, 15) is 0 Å². The molecule has 0 heterocycles. The van der Waals surface area contributed by atoms with Crippen LogP contribution in [0.2, 0.25) is 0 Å². The minimum atomic E-state index is 0.647. The van der Waals surface area contributed by atoms with Gasteiger partial charge in [-0.2, -0.15) is 0 Å². The number of benzene rings is 2. The largest absolute Gasteiger partial charge is 0.397 e. The second-order valence-electron chi connectivity index (χ2n) is 4.17. The van der Waals surface area contributed by atoms with Crippen molar-refractivity contribution < 1.29 is 0 Å². The van der Waals surface area contributed by atoms with E-state index in [2.05, 4.69) is 29.6 Å². The van der Waals surface area contributed by atoms with E-state index in [4.69, 9.17) is 5.73 Å².